The Bertz CT molecular complexity index is 800. The predicted octanol–water partition coefficient (Wildman–Crippen LogP) is 2.90. The Morgan fingerprint density at radius 3 is 2.25 bits per heavy atom. The topological polar surface area (TPSA) is 60.3 Å². The monoisotopic (exact) mass is 328 g/mol. The molecule has 0 aliphatic heterocycles. The van der Waals surface area contributed by atoms with Crippen molar-refractivity contribution in [2.75, 3.05) is 12.4 Å². The van der Waals surface area contributed by atoms with Crippen LogP contribution in [0.4, 0.5) is 5.69 Å². The molecule has 0 aliphatic rings. The fourth-order valence-corrected chi connectivity index (χ4v) is 3.00. The first-order valence-electron chi connectivity index (χ1n) is 8.14. The highest BCUT2D eigenvalue weighted by Crippen LogP contribution is 2.23. The number of nitrogens with one attached hydrogen (secondary N) is 1. The number of aromatic nitrogens is 1. The first-order chi connectivity index (χ1) is 11.4. The number of amides is 1. The van der Waals surface area contributed by atoms with Crippen LogP contribution in [0, 0.1) is 13.8 Å². The highest BCUT2D eigenvalue weighted by Gasteiger charge is 2.19. The van der Waals surface area contributed by atoms with E-state index < -0.39 is 5.91 Å². The first kappa shape index (κ1) is 17.8. The highest BCUT2D eigenvalue weighted by atomic mass is 16.6. The molecule has 24 heavy (non-hydrogen) atoms. The molecule has 2 rings (SSSR count). The number of hydrogen-bond acceptors (Lipinski definition) is 3. The van der Waals surface area contributed by atoms with Crippen LogP contribution in [-0.2, 0) is 12.8 Å². The van der Waals surface area contributed by atoms with Crippen LogP contribution in [0.15, 0.2) is 29.1 Å². The lowest BCUT2D eigenvalue weighted by atomic mass is 10.0. The van der Waals surface area contributed by atoms with Crippen LogP contribution in [-0.4, -0.2) is 17.7 Å². The molecule has 0 spiro atoms. The van der Waals surface area contributed by atoms with Crippen LogP contribution >= 0.6 is 0 Å². The Morgan fingerprint density at radius 1 is 1.17 bits per heavy atom. The average Bonchev–Trinajstić information content (AvgIpc) is 2.54. The van der Waals surface area contributed by atoms with Crippen molar-refractivity contribution in [3.63, 3.8) is 0 Å². The van der Waals surface area contributed by atoms with Crippen molar-refractivity contribution < 1.29 is 9.63 Å². The second kappa shape index (κ2) is 7.34. The Kier molecular flexibility index (Phi) is 5.44. The van der Waals surface area contributed by atoms with Gasteiger partial charge in [0.15, 0.2) is 5.43 Å². The maximum absolute atomic E-state index is 12.8. The average molecular weight is 328 g/mol. The number of pyridine rings is 1. The van der Waals surface area contributed by atoms with Gasteiger partial charge in [-0.25, -0.2) is 0 Å². The van der Waals surface area contributed by atoms with Gasteiger partial charge in [-0.3, -0.25) is 9.59 Å². The number of anilines is 1. The molecule has 0 fully saturated rings. The van der Waals surface area contributed by atoms with Gasteiger partial charge in [-0.05, 0) is 37.8 Å². The summed E-state index contributed by atoms with van der Waals surface area (Å²) in [5, 5.41) is 2.94. The van der Waals surface area contributed by atoms with Crippen molar-refractivity contribution >= 4 is 11.6 Å². The predicted molar refractivity (Wildman–Crippen MR) is 95.8 cm³/mol. The molecule has 2 aromatic rings. The summed E-state index contributed by atoms with van der Waals surface area (Å²) >= 11 is 0. The van der Waals surface area contributed by atoms with Gasteiger partial charge in [0.05, 0.1) is 11.4 Å². The summed E-state index contributed by atoms with van der Waals surface area (Å²) in [5.74, 6) is -0.404. The van der Waals surface area contributed by atoms with Gasteiger partial charge in [0.25, 0.3) is 5.91 Å². The van der Waals surface area contributed by atoms with E-state index in [-0.39, 0.29) is 11.0 Å². The maximum atomic E-state index is 12.8. The number of nitrogens with zero attached hydrogens (tertiary/aromatic N) is 1. The summed E-state index contributed by atoms with van der Waals surface area (Å²) in [6, 6.07) is 7.38. The SMILES string of the molecule is CCc1cccc(CC)c1NC(=O)c1c(C)n(OC)c(C)cc1=O. The molecule has 1 aromatic heterocycles. The summed E-state index contributed by atoms with van der Waals surface area (Å²) in [7, 11) is 1.51. The Hall–Kier alpha value is -2.56. The number of hydrogen-bond donors (Lipinski definition) is 1. The van der Waals surface area contributed by atoms with Crippen molar-refractivity contribution in [3.8, 4) is 0 Å². The van der Waals surface area contributed by atoms with Crippen LogP contribution in [0.2, 0.25) is 0 Å². The quantitative estimate of drug-likeness (QED) is 0.918. The lowest BCUT2D eigenvalue weighted by Crippen LogP contribution is -2.29. The molecule has 0 bridgehead atoms. The number of rotatable bonds is 5. The zero-order valence-electron chi connectivity index (χ0n) is 14.9. The van der Waals surface area contributed by atoms with E-state index in [4.69, 9.17) is 4.84 Å². The zero-order valence-corrected chi connectivity index (χ0v) is 14.9. The van der Waals surface area contributed by atoms with Gasteiger partial charge in [-0.2, -0.15) is 4.73 Å². The number of benzene rings is 1. The molecule has 0 saturated carbocycles. The fraction of sp³-hybridized carbons (Fsp3) is 0.368. The second-order valence-corrected chi connectivity index (χ2v) is 5.70. The van der Waals surface area contributed by atoms with Crippen molar-refractivity contribution in [2.24, 2.45) is 0 Å². The number of para-hydroxylation sites is 1. The van der Waals surface area contributed by atoms with E-state index >= 15 is 0 Å². The molecule has 1 N–H and O–H groups in total. The molecule has 0 aliphatic carbocycles. The lowest BCUT2D eigenvalue weighted by Gasteiger charge is -2.17. The van der Waals surface area contributed by atoms with Crippen LogP contribution < -0.4 is 15.6 Å². The van der Waals surface area contributed by atoms with Crippen molar-refractivity contribution in [1.82, 2.24) is 4.73 Å². The fourth-order valence-electron chi connectivity index (χ4n) is 3.00. The van der Waals surface area contributed by atoms with Gasteiger partial charge in [0.1, 0.15) is 12.7 Å². The number of aryl methyl sites for hydroxylation is 3. The Labute approximate surface area is 142 Å². The van der Waals surface area contributed by atoms with E-state index in [1.165, 1.54) is 17.9 Å². The van der Waals surface area contributed by atoms with Crippen molar-refractivity contribution in [3.05, 3.63) is 62.6 Å². The molecule has 1 aromatic carbocycles. The maximum Gasteiger partial charge on any atom is 0.261 e. The van der Waals surface area contributed by atoms with E-state index in [1.54, 1.807) is 13.8 Å². The van der Waals surface area contributed by atoms with Gasteiger partial charge < -0.3 is 10.2 Å². The third-order valence-electron chi connectivity index (χ3n) is 4.22. The molecule has 128 valence electrons. The summed E-state index contributed by atoms with van der Waals surface area (Å²) in [6.07, 6.45) is 1.61. The van der Waals surface area contributed by atoms with E-state index in [9.17, 15) is 9.59 Å². The second-order valence-electron chi connectivity index (χ2n) is 5.70. The lowest BCUT2D eigenvalue weighted by molar-refractivity contribution is 0.101. The molecule has 0 unspecified atom stereocenters. The standard InChI is InChI=1S/C19H24N2O3/c1-6-14-9-8-10-15(7-2)18(14)20-19(23)17-13(4)21(24-5)12(3)11-16(17)22/h8-11H,6-7H2,1-5H3,(H,20,23). The third kappa shape index (κ3) is 3.20. The van der Waals surface area contributed by atoms with Gasteiger partial charge in [-0.1, -0.05) is 32.0 Å². The van der Waals surface area contributed by atoms with Crippen LogP contribution in [0.3, 0.4) is 0 Å². The van der Waals surface area contributed by atoms with Gasteiger partial charge in [0, 0.05) is 11.8 Å². The van der Waals surface area contributed by atoms with E-state index in [2.05, 4.69) is 5.32 Å². The summed E-state index contributed by atoms with van der Waals surface area (Å²) in [6.45, 7) is 7.55. The molecule has 5 nitrogen and oxygen atoms in total. The summed E-state index contributed by atoms with van der Waals surface area (Å²) < 4.78 is 1.49. The Morgan fingerprint density at radius 2 is 1.75 bits per heavy atom. The molecular formula is C19H24N2O3. The molecule has 1 amide bonds. The molecular weight excluding hydrogens is 304 g/mol. The smallest absolute Gasteiger partial charge is 0.261 e. The first-order valence-corrected chi connectivity index (χ1v) is 8.14. The van der Waals surface area contributed by atoms with E-state index in [1.807, 2.05) is 32.0 Å². The number of carbonyl (C=O) groups excluding carboxylic acids is 1. The van der Waals surface area contributed by atoms with Crippen LogP contribution in [0.5, 0.6) is 0 Å². The molecule has 0 radical (unpaired) electrons. The minimum absolute atomic E-state index is 0.107. The van der Waals surface area contributed by atoms with E-state index in [0.717, 1.165) is 29.7 Å². The van der Waals surface area contributed by atoms with Crippen LogP contribution in [0.1, 0.15) is 46.7 Å². The highest BCUT2D eigenvalue weighted by molar-refractivity contribution is 6.05. The minimum atomic E-state index is -0.404. The Balaban J connectivity index is 2.51. The van der Waals surface area contributed by atoms with Crippen molar-refractivity contribution in [2.45, 2.75) is 40.5 Å². The van der Waals surface area contributed by atoms with Gasteiger partial charge >= 0.3 is 0 Å². The largest absolute Gasteiger partial charge is 0.417 e. The van der Waals surface area contributed by atoms with E-state index in [0.29, 0.717) is 11.4 Å². The summed E-state index contributed by atoms with van der Waals surface area (Å²) in [4.78, 5) is 30.4. The van der Waals surface area contributed by atoms with Gasteiger partial charge in [0.2, 0.25) is 0 Å². The molecule has 5 heteroatoms. The molecule has 1 heterocycles. The normalized spacial score (nSPS) is 10.5. The zero-order chi connectivity index (χ0) is 17.9. The minimum Gasteiger partial charge on any atom is -0.417 e. The van der Waals surface area contributed by atoms with Crippen LogP contribution in [0.25, 0.3) is 0 Å². The number of carbonyl (C=O) groups is 1. The van der Waals surface area contributed by atoms with Crippen molar-refractivity contribution in [1.29, 1.82) is 0 Å². The third-order valence-corrected chi connectivity index (χ3v) is 4.22. The molecule has 0 saturated heterocycles. The summed E-state index contributed by atoms with van der Waals surface area (Å²) in [5.41, 5.74) is 3.86. The van der Waals surface area contributed by atoms with Gasteiger partial charge in [-0.15, -0.1) is 0 Å². The molecule has 0 atom stereocenters.